The zero-order valence-corrected chi connectivity index (χ0v) is 12.1. The number of aromatic nitrogens is 2. The maximum atomic E-state index is 6.11. The molecule has 1 unspecified atom stereocenters. The minimum atomic E-state index is 0.407. The minimum Gasteiger partial charge on any atom is -0.490 e. The fourth-order valence-electron chi connectivity index (χ4n) is 3.61. The van der Waals surface area contributed by atoms with Crippen molar-refractivity contribution in [3.63, 3.8) is 0 Å². The van der Waals surface area contributed by atoms with Crippen LogP contribution < -0.4 is 9.64 Å². The Balaban J connectivity index is 1.89. The molecule has 2 aliphatic rings. The van der Waals surface area contributed by atoms with Crippen LogP contribution in [0.3, 0.4) is 0 Å². The van der Waals surface area contributed by atoms with E-state index in [-0.39, 0.29) is 0 Å². The van der Waals surface area contributed by atoms with Crippen LogP contribution in [-0.2, 0) is 0 Å². The van der Waals surface area contributed by atoms with Crippen LogP contribution in [0.5, 0.6) is 5.75 Å². The van der Waals surface area contributed by atoms with Crippen LogP contribution >= 0.6 is 11.6 Å². The number of nitrogens with zero attached hydrogens (tertiary/aromatic N) is 3. The first-order chi connectivity index (χ1) is 9.31. The molecule has 5 heteroatoms. The minimum absolute atomic E-state index is 0.407. The first kappa shape index (κ1) is 13.0. The number of anilines is 1. The van der Waals surface area contributed by atoms with E-state index >= 15 is 0 Å². The Bertz CT molecular complexity index is 448. The van der Waals surface area contributed by atoms with Gasteiger partial charge in [0.25, 0.3) is 0 Å². The first-order valence-corrected chi connectivity index (χ1v) is 7.50. The summed E-state index contributed by atoms with van der Waals surface area (Å²) in [4.78, 5) is 10.8. The summed E-state index contributed by atoms with van der Waals surface area (Å²) in [6.07, 6.45) is 9.46. The number of halogens is 1. The lowest BCUT2D eigenvalue weighted by atomic mass is 9.96. The van der Waals surface area contributed by atoms with Gasteiger partial charge in [-0.2, -0.15) is 0 Å². The van der Waals surface area contributed by atoms with Gasteiger partial charge in [-0.15, -0.1) is 0 Å². The fraction of sp³-hybridized carbons (Fsp3) is 0.714. The number of hydrogen-bond acceptors (Lipinski definition) is 4. The lowest BCUT2D eigenvalue weighted by Gasteiger charge is -2.31. The van der Waals surface area contributed by atoms with Crippen LogP contribution in [0.4, 0.5) is 5.82 Å². The summed E-state index contributed by atoms with van der Waals surface area (Å²) in [5.74, 6) is 2.30. The van der Waals surface area contributed by atoms with Crippen molar-refractivity contribution < 1.29 is 4.74 Å². The van der Waals surface area contributed by atoms with Crippen LogP contribution in [0.2, 0.25) is 5.15 Å². The highest BCUT2D eigenvalue weighted by molar-refractivity contribution is 6.31. The van der Waals surface area contributed by atoms with Gasteiger partial charge in [-0.1, -0.05) is 24.4 Å². The van der Waals surface area contributed by atoms with Gasteiger partial charge < -0.3 is 9.64 Å². The van der Waals surface area contributed by atoms with E-state index < -0.39 is 0 Å². The predicted molar refractivity (Wildman–Crippen MR) is 75.9 cm³/mol. The van der Waals surface area contributed by atoms with E-state index in [9.17, 15) is 0 Å². The van der Waals surface area contributed by atoms with Gasteiger partial charge in [0.1, 0.15) is 6.33 Å². The molecule has 0 radical (unpaired) electrons. The average molecular weight is 282 g/mol. The van der Waals surface area contributed by atoms with Crippen LogP contribution in [0, 0.1) is 5.92 Å². The van der Waals surface area contributed by atoms with E-state index in [2.05, 4.69) is 14.9 Å². The monoisotopic (exact) mass is 281 g/mol. The van der Waals surface area contributed by atoms with Crippen molar-refractivity contribution in [3.05, 3.63) is 11.5 Å². The van der Waals surface area contributed by atoms with Crippen molar-refractivity contribution in [1.82, 2.24) is 9.97 Å². The van der Waals surface area contributed by atoms with E-state index in [1.807, 2.05) is 0 Å². The molecule has 1 aliphatic heterocycles. The van der Waals surface area contributed by atoms with Gasteiger partial charge in [0.15, 0.2) is 16.7 Å². The summed E-state index contributed by atoms with van der Waals surface area (Å²) in [5.41, 5.74) is 0. The molecule has 104 valence electrons. The van der Waals surface area contributed by atoms with Crippen LogP contribution in [0.15, 0.2) is 6.33 Å². The van der Waals surface area contributed by atoms with Crippen molar-refractivity contribution in [2.24, 2.45) is 5.92 Å². The van der Waals surface area contributed by atoms with Crippen molar-refractivity contribution in [2.45, 2.75) is 44.6 Å². The Labute approximate surface area is 119 Å². The molecular formula is C14H20ClN3O. The molecule has 3 rings (SSSR count). The van der Waals surface area contributed by atoms with Crippen LogP contribution in [-0.4, -0.2) is 29.7 Å². The summed E-state index contributed by atoms with van der Waals surface area (Å²) in [6.45, 7) is 1.05. The molecule has 4 nitrogen and oxygen atoms in total. The van der Waals surface area contributed by atoms with Gasteiger partial charge in [-0.3, -0.25) is 0 Å². The summed E-state index contributed by atoms with van der Waals surface area (Å²) >= 11 is 6.11. The molecule has 19 heavy (non-hydrogen) atoms. The molecular weight excluding hydrogens is 262 g/mol. The highest BCUT2D eigenvalue weighted by Crippen LogP contribution is 2.41. The van der Waals surface area contributed by atoms with Crippen molar-refractivity contribution in [1.29, 1.82) is 0 Å². The fourth-order valence-corrected chi connectivity index (χ4v) is 3.82. The maximum absolute atomic E-state index is 6.11. The number of rotatable bonds is 3. The van der Waals surface area contributed by atoms with Gasteiger partial charge in [-0.25, -0.2) is 9.97 Å². The van der Waals surface area contributed by atoms with Crippen LogP contribution in [0.1, 0.15) is 38.5 Å². The van der Waals surface area contributed by atoms with Gasteiger partial charge in [0, 0.05) is 12.6 Å². The number of hydrogen-bond donors (Lipinski definition) is 0. The molecule has 0 bridgehead atoms. The van der Waals surface area contributed by atoms with Gasteiger partial charge in [-0.05, 0) is 31.6 Å². The molecule has 2 fully saturated rings. The van der Waals surface area contributed by atoms with Gasteiger partial charge in [0.2, 0.25) is 0 Å². The summed E-state index contributed by atoms with van der Waals surface area (Å²) < 4.78 is 5.40. The zero-order chi connectivity index (χ0) is 13.2. The summed E-state index contributed by atoms with van der Waals surface area (Å²) in [6, 6.07) is 0.599. The molecule has 0 spiro atoms. The molecule has 1 atom stereocenters. The largest absolute Gasteiger partial charge is 0.490 e. The molecule has 1 aromatic rings. The predicted octanol–water partition coefficient (Wildman–Crippen LogP) is 3.30. The zero-order valence-electron chi connectivity index (χ0n) is 11.3. The molecule has 2 heterocycles. The quantitative estimate of drug-likeness (QED) is 0.797. The molecule has 1 saturated carbocycles. The van der Waals surface area contributed by atoms with Gasteiger partial charge in [0.05, 0.1) is 7.11 Å². The third-order valence-electron chi connectivity index (χ3n) is 4.46. The van der Waals surface area contributed by atoms with Crippen molar-refractivity contribution in [2.75, 3.05) is 18.6 Å². The lowest BCUT2D eigenvalue weighted by molar-refractivity contribution is 0.398. The Morgan fingerprint density at radius 1 is 1.21 bits per heavy atom. The van der Waals surface area contributed by atoms with E-state index in [1.54, 1.807) is 7.11 Å². The molecule has 0 N–H and O–H groups in total. The SMILES string of the molecule is COc1c(Cl)ncnc1N1CCCC1C1CCCC1. The number of methoxy groups -OCH3 is 1. The Morgan fingerprint density at radius 2 is 2.00 bits per heavy atom. The number of ether oxygens (including phenoxy) is 1. The van der Waals surface area contributed by atoms with Crippen molar-refractivity contribution >= 4 is 17.4 Å². The average Bonchev–Trinajstić information content (AvgIpc) is 3.09. The Morgan fingerprint density at radius 3 is 2.74 bits per heavy atom. The normalized spacial score (nSPS) is 24.1. The van der Waals surface area contributed by atoms with E-state index in [4.69, 9.17) is 16.3 Å². The lowest BCUT2D eigenvalue weighted by Crippen LogP contribution is -2.35. The third kappa shape index (κ3) is 2.38. The maximum Gasteiger partial charge on any atom is 0.199 e. The molecule has 1 aliphatic carbocycles. The van der Waals surface area contributed by atoms with E-state index in [0.717, 1.165) is 18.3 Å². The Kier molecular flexibility index (Phi) is 3.78. The topological polar surface area (TPSA) is 38.3 Å². The summed E-state index contributed by atoms with van der Waals surface area (Å²) in [7, 11) is 1.63. The van der Waals surface area contributed by atoms with Crippen molar-refractivity contribution in [3.8, 4) is 5.75 Å². The molecule has 1 aromatic heterocycles. The molecule has 0 amide bonds. The van der Waals surface area contributed by atoms with E-state index in [0.29, 0.717) is 16.9 Å². The van der Waals surface area contributed by atoms with Crippen LogP contribution in [0.25, 0.3) is 0 Å². The standard InChI is InChI=1S/C14H20ClN3O/c1-19-12-13(15)16-9-17-14(12)18-8-4-7-11(18)10-5-2-3-6-10/h9-11H,2-8H2,1H3. The molecule has 1 saturated heterocycles. The molecule has 0 aromatic carbocycles. The summed E-state index contributed by atoms with van der Waals surface area (Å²) in [5, 5.41) is 0.407. The first-order valence-electron chi connectivity index (χ1n) is 7.12. The second-order valence-electron chi connectivity index (χ2n) is 5.47. The van der Waals surface area contributed by atoms with E-state index in [1.165, 1.54) is 44.9 Å². The second kappa shape index (κ2) is 5.53. The third-order valence-corrected chi connectivity index (χ3v) is 4.73. The second-order valence-corrected chi connectivity index (χ2v) is 5.83. The van der Waals surface area contributed by atoms with Gasteiger partial charge >= 0.3 is 0 Å². The highest BCUT2D eigenvalue weighted by atomic mass is 35.5. The Hall–Kier alpha value is -1.03. The highest BCUT2D eigenvalue weighted by Gasteiger charge is 2.35. The smallest absolute Gasteiger partial charge is 0.199 e.